The van der Waals surface area contributed by atoms with Crippen molar-refractivity contribution >= 4 is 51.3 Å². The van der Waals surface area contributed by atoms with Gasteiger partial charge in [0, 0.05) is 108 Å². The molecule has 0 saturated carbocycles. The summed E-state index contributed by atoms with van der Waals surface area (Å²) in [6.45, 7) is 3.91. The monoisotopic (exact) mass is 828 g/mol. The van der Waals surface area contributed by atoms with Crippen LogP contribution in [0.5, 0.6) is 5.75 Å². The standard InChI is InChI=1S/C46H49FN8O6/c1-50(2)44(58)29-11-7-10-28(23-29)32-25-33(34-26-35(45(59)51(3)4)48-41(34)40(32)47)31-14-13-30(24-38(31)61-6)54-21-19-53(20-22-54)18-17-27-9-8-12-36-42(27)52(5)46(60)55(36)37-15-16-39(56)49-43(37)57/h7-14,23-26,37,48H,15-22H2,1-6H3,(H,49,56,57). The summed E-state index contributed by atoms with van der Waals surface area (Å²) in [6, 6.07) is 21.3. The number of para-hydroxylation sites is 1. The zero-order valence-corrected chi connectivity index (χ0v) is 35.2. The van der Waals surface area contributed by atoms with Crippen LogP contribution in [0.3, 0.4) is 0 Å². The van der Waals surface area contributed by atoms with E-state index in [0.29, 0.717) is 39.8 Å². The van der Waals surface area contributed by atoms with Crippen LogP contribution in [-0.4, -0.2) is 120 Å². The molecule has 2 N–H and O–H groups in total. The molecule has 8 rings (SSSR count). The summed E-state index contributed by atoms with van der Waals surface area (Å²) in [7, 11) is 9.94. The molecule has 4 aromatic carbocycles. The number of methoxy groups -OCH3 is 1. The van der Waals surface area contributed by atoms with Crippen LogP contribution < -0.4 is 20.6 Å². The number of aromatic amines is 1. The van der Waals surface area contributed by atoms with Crippen LogP contribution in [-0.2, 0) is 23.1 Å². The van der Waals surface area contributed by atoms with Gasteiger partial charge in [-0.2, -0.15) is 0 Å². The van der Waals surface area contributed by atoms with E-state index in [0.717, 1.165) is 55.1 Å². The Morgan fingerprint density at radius 3 is 2.30 bits per heavy atom. The van der Waals surface area contributed by atoms with Crippen LogP contribution >= 0.6 is 0 Å². The van der Waals surface area contributed by atoms with Gasteiger partial charge >= 0.3 is 5.69 Å². The molecule has 2 aromatic heterocycles. The van der Waals surface area contributed by atoms with E-state index in [1.54, 1.807) is 83.3 Å². The minimum absolute atomic E-state index is 0.176. The normalized spacial score (nSPS) is 16.0. The van der Waals surface area contributed by atoms with Gasteiger partial charge in [0.1, 0.15) is 17.5 Å². The van der Waals surface area contributed by atoms with E-state index in [1.807, 2.05) is 36.4 Å². The summed E-state index contributed by atoms with van der Waals surface area (Å²) in [5.74, 6) is -1.23. The van der Waals surface area contributed by atoms with E-state index < -0.39 is 17.8 Å². The maximum absolute atomic E-state index is 16.6. The number of carbonyl (C=O) groups is 4. The molecule has 4 heterocycles. The second-order valence-electron chi connectivity index (χ2n) is 16.2. The number of ether oxygens (including phenoxy) is 1. The number of hydrogen-bond acceptors (Lipinski definition) is 8. The molecule has 0 radical (unpaired) electrons. The Morgan fingerprint density at radius 1 is 0.852 bits per heavy atom. The zero-order chi connectivity index (χ0) is 43.3. The Kier molecular flexibility index (Phi) is 11.0. The Balaban J connectivity index is 1.04. The smallest absolute Gasteiger partial charge is 0.329 e. The Labute approximate surface area is 352 Å². The summed E-state index contributed by atoms with van der Waals surface area (Å²) in [5, 5.41) is 2.90. The number of anilines is 1. The number of aryl methyl sites for hydroxylation is 1. The number of H-pyrrole nitrogens is 1. The highest BCUT2D eigenvalue weighted by Crippen LogP contribution is 2.42. The van der Waals surface area contributed by atoms with Crippen molar-refractivity contribution in [1.82, 2.24) is 34.1 Å². The number of piperidine rings is 1. The first-order valence-corrected chi connectivity index (χ1v) is 20.3. The molecule has 6 aromatic rings. The molecule has 61 heavy (non-hydrogen) atoms. The lowest BCUT2D eigenvalue weighted by molar-refractivity contribution is -0.135. The first kappa shape index (κ1) is 41.0. The summed E-state index contributed by atoms with van der Waals surface area (Å²) in [5.41, 5.74) is 6.20. The fraction of sp³-hybridized carbons (Fsp3) is 0.326. The molecule has 2 saturated heterocycles. The number of amides is 4. The quantitative estimate of drug-likeness (QED) is 0.183. The van der Waals surface area contributed by atoms with Crippen LogP contribution in [0.2, 0.25) is 0 Å². The summed E-state index contributed by atoms with van der Waals surface area (Å²) < 4.78 is 25.7. The first-order chi connectivity index (χ1) is 29.2. The van der Waals surface area contributed by atoms with Crippen molar-refractivity contribution in [1.29, 1.82) is 0 Å². The van der Waals surface area contributed by atoms with Crippen molar-refractivity contribution < 1.29 is 28.3 Å². The lowest BCUT2D eigenvalue weighted by atomic mass is 9.93. The topological polar surface area (TPSA) is 145 Å². The molecule has 2 aliphatic rings. The van der Waals surface area contributed by atoms with Crippen LogP contribution in [0.1, 0.15) is 45.3 Å². The molecule has 316 valence electrons. The van der Waals surface area contributed by atoms with Gasteiger partial charge in [0.05, 0.1) is 23.7 Å². The SMILES string of the molecule is COc1cc(N2CCN(CCc3cccc4c3n(C)c(=O)n4C3CCC(=O)NC3=O)CC2)ccc1-c1cc(-c2cccc(C(=O)N(C)C)c2)c(F)c2[nH]c(C(=O)N(C)C)cc12. The molecule has 2 aliphatic heterocycles. The van der Waals surface area contributed by atoms with Gasteiger partial charge in [-0.3, -0.25) is 38.5 Å². The number of rotatable bonds is 10. The van der Waals surface area contributed by atoms with Gasteiger partial charge in [-0.15, -0.1) is 0 Å². The summed E-state index contributed by atoms with van der Waals surface area (Å²) in [6.07, 6.45) is 1.18. The molecule has 1 atom stereocenters. The van der Waals surface area contributed by atoms with Crippen LogP contribution in [0, 0.1) is 5.82 Å². The number of nitrogens with one attached hydrogen (secondary N) is 2. The number of carbonyl (C=O) groups excluding carboxylic acids is 4. The van der Waals surface area contributed by atoms with E-state index in [-0.39, 0.29) is 53.0 Å². The highest BCUT2D eigenvalue weighted by molar-refractivity contribution is 6.06. The van der Waals surface area contributed by atoms with Gasteiger partial charge < -0.3 is 24.4 Å². The van der Waals surface area contributed by atoms with E-state index in [1.165, 1.54) is 14.4 Å². The average Bonchev–Trinajstić information content (AvgIpc) is 3.82. The van der Waals surface area contributed by atoms with E-state index in [2.05, 4.69) is 20.1 Å². The highest BCUT2D eigenvalue weighted by Gasteiger charge is 2.32. The van der Waals surface area contributed by atoms with Crippen LogP contribution in [0.15, 0.2) is 77.6 Å². The third-order valence-electron chi connectivity index (χ3n) is 11.9. The van der Waals surface area contributed by atoms with Gasteiger partial charge in [0.25, 0.3) is 11.8 Å². The largest absolute Gasteiger partial charge is 0.496 e. The predicted molar refractivity (Wildman–Crippen MR) is 233 cm³/mol. The molecular formula is C46H49FN8O6. The van der Waals surface area contributed by atoms with Crippen molar-refractivity contribution in [3.8, 4) is 28.0 Å². The van der Waals surface area contributed by atoms with Gasteiger partial charge in [-0.05, 0) is 72.0 Å². The van der Waals surface area contributed by atoms with Gasteiger partial charge in [0.15, 0.2) is 5.82 Å². The van der Waals surface area contributed by atoms with Crippen LogP contribution in [0.25, 0.3) is 44.2 Å². The number of imidazole rings is 1. The minimum atomic E-state index is -0.733. The molecule has 15 heteroatoms. The fourth-order valence-corrected chi connectivity index (χ4v) is 8.69. The zero-order valence-electron chi connectivity index (χ0n) is 35.2. The number of fused-ring (bicyclic) bond motifs is 2. The number of aromatic nitrogens is 3. The molecule has 0 bridgehead atoms. The number of imide groups is 1. The van der Waals surface area contributed by atoms with Gasteiger partial charge in [-0.1, -0.05) is 24.3 Å². The second kappa shape index (κ2) is 16.4. The third-order valence-corrected chi connectivity index (χ3v) is 11.9. The molecule has 14 nitrogen and oxygen atoms in total. The molecule has 2 fully saturated rings. The van der Waals surface area contributed by atoms with Crippen molar-refractivity contribution in [2.45, 2.75) is 25.3 Å². The van der Waals surface area contributed by atoms with Crippen LogP contribution in [0.4, 0.5) is 10.1 Å². The van der Waals surface area contributed by atoms with E-state index >= 15 is 4.39 Å². The maximum atomic E-state index is 16.6. The average molecular weight is 829 g/mol. The lowest BCUT2D eigenvalue weighted by Gasteiger charge is -2.36. The van der Waals surface area contributed by atoms with E-state index in [9.17, 15) is 24.0 Å². The van der Waals surface area contributed by atoms with Crippen molar-refractivity contribution in [3.05, 3.63) is 106 Å². The number of hydrogen-bond donors (Lipinski definition) is 2. The molecule has 0 aliphatic carbocycles. The number of benzene rings is 4. The predicted octanol–water partition coefficient (Wildman–Crippen LogP) is 5.05. The third kappa shape index (κ3) is 7.54. The molecule has 0 spiro atoms. The number of halogens is 1. The Hall–Kier alpha value is -6.74. The van der Waals surface area contributed by atoms with Crippen molar-refractivity contribution in [3.63, 3.8) is 0 Å². The fourth-order valence-electron chi connectivity index (χ4n) is 8.69. The van der Waals surface area contributed by atoms with Gasteiger partial charge in [-0.25, -0.2) is 9.18 Å². The number of piperazine rings is 1. The highest BCUT2D eigenvalue weighted by atomic mass is 19.1. The number of nitrogens with zero attached hydrogens (tertiary/aromatic N) is 6. The molecule has 4 amide bonds. The second-order valence-corrected chi connectivity index (χ2v) is 16.2. The molecular weight excluding hydrogens is 780 g/mol. The maximum Gasteiger partial charge on any atom is 0.329 e. The van der Waals surface area contributed by atoms with E-state index in [4.69, 9.17) is 4.74 Å². The lowest BCUT2D eigenvalue weighted by Crippen LogP contribution is -2.47. The molecule has 1 unspecified atom stereocenters. The van der Waals surface area contributed by atoms with Crippen molar-refractivity contribution in [2.24, 2.45) is 7.05 Å². The first-order valence-electron chi connectivity index (χ1n) is 20.3. The Morgan fingerprint density at radius 2 is 1.59 bits per heavy atom. The summed E-state index contributed by atoms with van der Waals surface area (Å²) in [4.78, 5) is 74.6. The summed E-state index contributed by atoms with van der Waals surface area (Å²) >= 11 is 0. The van der Waals surface area contributed by atoms with Crippen molar-refractivity contribution in [2.75, 3.05) is 72.9 Å². The Bertz CT molecular complexity index is 2790. The minimum Gasteiger partial charge on any atom is -0.496 e. The van der Waals surface area contributed by atoms with Gasteiger partial charge in [0.2, 0.25) is 11.8 Å².